The number of nitrogens with zero attached hydrogens (tertiary/aromatic N) is 2. The van der Waals surface area contributed by atoms with Gasteiger partial charge in [-0.1, -0.05) is 0 Å². The Morgan fingerprint density at radius 3 is 1.97 bits per heavy atom. The number of fused-ring (bicyclic) bond motifs is 1. The van der Waals surface area contributed by atoms with Crippen LogP contribution in [0, 0.1) is 0 Å². The van der Waals surface area contributed by atoms with E-state index in [0.29, 0.717) is 6.04 Å². The second-order valence-electron chi connectivity index (χ2n) is 8.19. The third-order valence-electron chi connectivity index (χ3n) is 5.01. The lowest BCUT2D eigenvalue weighted by atomic mass is 9.98. The van der Waals surface area contributed by atoms with E-state index in [9.17, 15) is 31.1 Å². The van der Waals surface area contributed by atoms with Crippen molar-refractivity contribution in [3.8, 4) is 0 Å². The fraction of sp³-hybridized carbons (Fsp3) is 0.619. The summed E-state index contributed by atoms with van der Waals surface area (Å²) in [6.45, 7) is 5.94. The minimum absolute atomic E-state index is 0.0426. The van der Waals surface area contributed by atoms with E-state index in [2.05, 4.69) is 27.3 Å². The van der Waals surface area contributed by atoms with Crippen molar-refractivity contribution >= 4 is 17.8 Å². The van der Waals surface area contributed by atoms with Crippen LogP contribution in [0.4, 0.5) is 26.3 Å². The summed E-state index contributed by atoms with van der Waals surface area (Å²) in [7, 11) is 0. The number of hydrogen-bond donors (Lipinski definition) is 3. The number of carboxylic acids is 2. The lowest BCUT2D eigenvalue weighted by molar-refractivity contribution is -0.193. The summed E-state index contributed by atoms with van der Waals surface area (Å²) in [4.78, 5) is 36.5. The Labute approximate surface area is 202 Å². The number of halogens is 6. The lowest BCUT2D eigenvalue weighted by Crippen LogP contribution is -2.48. The molecule has 3 rings (SSSR count). The van der Waals surface area contributed by atoms with Crippen molar-refractivity contribution in [2.45, 2.75) is 76.3 Å². The molecule has 2 aliphatic heterocycles. The highest BCUT2D eigenvalue weighted by atomic mass is 19.4. The first-order chi connectivity index (χ1) is 16.5. The molecule has 1 aromatic rings. The third-order valence-corrected chi connectivity index (χ3v) is 5.01. The van der Waals surface area contributed by atoms with Crippen molar-refractivity contribution in [2.75, 3.05) is 6.54 Å². The number of carbonyl (C=O) groups excluding carboxylic acids is 1. The van der Waals surface area contributed by atoms with Gasteiger partial charge in [-0.05, 0) is 50.8 Å². The smallest absolute Gasteiger partial charge is 0.475 e. The third kappa shape index (κ3) is 10.8. The van der Waals surface area contributed by atoms with Crippen LogP contribution in [0.3, 0.4) is 0 Å². The number of nitrogens with one attached hydrogen (secondary N) is 1. The number of rotatable bonds is 4. The Hall–Kier alpha value is -2.94. The molecule has 1 aromatic heterocycles. The second-order valence-corrected chi connectivity index (χ2v) is 8.19. The maximum absolute atomic E-state index is 12.1. The van der Waals surface area contributed by atoms with Crippen molar-refractivity contribution in [1.29, 1.82) is 0 Å². The molecule has 0 unspecified atom stereocenters. The van der Waals surface area contributed by atoms with E-state index in [0.717, 1.165) is 32.4 Å². The molecule has 15 heteroatoms. The molecular weight excluding hydrogens is 504 g/mol. The Morgan fingerprint density at radius 2 is 1.53 bits per heavy atom. The average Bonchev–Trinajstić information content (AvgIpc) is 3.15. The first kappa shape index (κ1) is 31.1. The van der Waals surface area contributed by atoms with Crippen LogP contribution in [0.25, 0.3) is 0 Å². The van der Waals surface area contributed by atoms with Crippen molar-refractivity contribution in [3.05, 3.63) is 30.1 Å². The van der Waals surface area contributed by atoms with Crippen molar-refractivity contribution in [3.63, 3.8) is 0 Å². The van der Waals surface area contributed by atoms with E-state index in [1.807, 2.05) is 26.2 Å². The molecule has 0 aromatic carbocycles. The van der Waals surface area contributed by atoms with Crippen LogP contribution in [0.5, 0.6) is 0 Å². The molecule has 0 saturated carbocycles. The number of carbonyl (C=O) groups is 3. The zero-order valence-electron chi connectivity index (χ0n) is 19.3. The van der Waals surface area contributed by atoms with Crippen LogP contribution in [-0.4, -0.2) is 81.1 Å². The van der Waals surface area contributed by atoms with E-state index in [4.69, 9.17) is 24.5 Å². The number of aliphatic carboxylic acids is 2. The number of aromatic nitrogens is 1. The largest absolute Gasteiger partial charge is 0.490 e. The molecule has 0 aliphatic carbocycles. The molecule has 36 heavy (non-hydrogen) atoms. The quantitative estimate of drug-likeness (QED) is 0.506. The summed E-state index contributed by atoms with van der Waals surface area (Å²) in [5.41, 5.74) is 1.29. The van der Waals surface area contributed by atoms with Crippen LogP contribution in [0.15, 0.2) is 24.5 Å². The monoisotopic (exact) mass is 531 g/mol. The highest BCUT2D eigenvalue weighted by Gasteiger charge is 2.42. The highest BCUT2D eigenvalue weighted by Crippen LogP contribution is 2.32. The van der Waals surface area contributed by atoms with Crippen molar-refractivity contribution < 1.29 is 55.7 Å². The van der Waals surface area contributed by atoms with Gasteiger partial charge in [0, 0.05) is 37.6 Å². The normalized spacial score (nSPS) is 21.9. The predicted molar refractivity (Wildman–Crippen MR) is 112 cm³/mol. The minimum atomic E-state index is -5.08. The molecular formula is C21H27F6N3O6. The molecule has 2 fully saturated rings. The fourth-order valence-electron chi connectivity index (χ4n) is 3.50. The lowest BCUT2D eigenvalue weighted by Gasteiger charge is -2.35. The summed E-state index contributed by atoms with van der Waals surface area (Å²) in [6.07, 6.45) is -3.71. The van der Waals surface area contributed by atoms with Crippen LogP contribution >= 0.6 is 0 Å². The molecule has 0 bridgehead atoms. The van der Waals surface area contributed by atoms with Gasteiger partial charge in [0.05, 0.1) is 6.10 Å². The molecule has 3 heterocycles. The standard InChI is InChI=1S/C17H25N3O2.2C2HF3O2/c1-12(2)19-17(21)16-4-3-14-15(22-16)7-10-20(14)11-13-5-8-18-9-6-13;2*3-2(4,5)1(6)7/h5-6,8-9,12,14-16H,3-4,7,10-11H2,1-2H3,(H,19,21);2*(H,6,7)/t14-,15-,16+;;/m1../s1. The Balaban J connectivity index is 0.000000383. The van der Waals surface area contributed by atoms with Crippen LogP contribution in [-0.2, 0) is 25.7 Å². The summed E-state index contributed by atoms with van der Waals surface area (Å²) < 4.78 is 69.5. The van der Waals surface area contributed by atoms with Crippen molar-refractivity contribution in [2.24, 2.45) is 0 Å². The number of hydrogen-bond acceptors (Lipinski definition) is 6. The first-order valence-electron chi connectivity index (χ1n) is 10.7. The molecule has 3 atom stereocenters. The summed E-state index contributed by atoms with van der Waals surface area (Å²) >= 11 is 0. The maximum atomic E-state index is 12.1. The molecule has 9 nitrogen and oxygen atoms in total. The molecule has 204 valence electrons. The maximum Gasteiger partial charge on any atom is 0.490 e. The molecule has 3 N–H and O–H groups in total. The van der Waals surface area contributed by atoms with Crippen LogP contribution in [0.2, 0.25) is 0 Å². The average molecular weight is 531 g/mol. The van der Waals surface area contributed by atoms with Gasteiger partial charge in [-0.25, -0.2) is 9.59 Å². The Kier molecular flexibility index (Phi) is 11.6. The SMILES string of the molecule is CC(C)NC(=O)[C@@H]1CC[C@@H]2[C@@H](CCN2Cc2ccncc2)O1.O=C(O)C(F)(F)F.O=C(O)C(F)(F)F. The van der Waals surface area contributed by atoms with Crippen molar-refractivity contribution in [1.82, 2.24) is 15.2 Å². The Morgan fingerprint density at radius 1 is 1.03 bits per heavy atom. The number of carboxylic acid groups (broad SMARTS) is 2. The number of pyridine rings is 1. The predicted octanol–water partition coefficient (Wildman–Crippen LogP) is 2.99. The summed E-state index contributed by atoms with van der Waals surface area (Å²) in [5.74, 6) is -5.47. The van der Waals surface area contributed by atoms with Gasteiger partial charge < -0.3 is 20.3 Å². The van der Waals surface area contributed by atoms with Gasteiger partial charge in [-0.2, -0.15) is 26.3 Å². The number of amides is 1. The van der Waals surface area contributed by atoms with Gasteiger partial charge in [0.15, 0.2) is 0 Å². The second kappa shape index (κ2) is 13.4. The van der Waals surface area contributed by atoms with Crippen LogP contribution < -0.4 is 5.32 Å². The van der Waals surface area contributed by atoms with E-state index in [-0.39, 0.29) is 24.2 Å². The molecule has 2 saturated heterocycles. The highest BCUT2D eigenvalue weighted by molar-refractivity contribution is 5.81. The van der Waals surface area contributed by atoms with Gasteiger partial charge in [0.2, 0.25) is 5.91 Å². The van der Waals surface area contributed by atoms with Gasteiger partial charge >= 0.3 is 24.3 Å². The zero-order chi connectivity index (χ0) is 27.7. The van der Waals surface area contributed by atoms with Gasteiger partial charge in [0.1, 0.15) is 6.10 Å². The molecule has 1 amide bonds. The Bertz CT molecular complexity index is 842. The van der Waals surface area contributed by atoms with E-state index < -0.39 is 24.3 Å². The molecule has 0 spiro atoms. The minimum Gasteiger partial charge on any atom is -0.475 e. The number of alkyl halides is 6. The van der Waals surface area contributed by atoms with E-state index in [1.165, 1.54) is 5.56 Å². The molecule has 2 aliphatic rings. The summed E-state index contributed by atoms with van der Waals surface area (Å²) in [6, 6.07) is 4.74. The molecule has 0 radical (unpaired) electrons. The van der Waals surface area contributed by atoms with E-state index in [1.54, 1.807) is 0 Å². The fourth-order valence-corrected chi connectivity index (χ4v) is 3.50. The zero-order valence-corrected chi connectivity index (χ0v) is 19.3. The van der Waals surface area contributed by atoms with Gasteiger partial charge in [-0.15, -0.1) is 0 Å². The summed E-state index contributed by atoms with van der Waals surface area (Å²) in [5, 5.41) is 17.2. The first-order valence-corrected chi connectivity index (χ1v) is 10.7. The van der Waals surface area contributed by atoms with Gasteiger partial charge in [-0.3, -0.25) is 14.7 Å². The van der Waals surface area contributed by atoms with E-state index >= 15 is 0 Å². The van der Waals surface area contributed by atoms with Gasteiger partial charge in [0.25, 0.3) is 0 Å². The number of likely N-dealkylation sites (tertiary alicyclic amines) is 1. The topological polar surface area (TPSA) is 129 Å². The number of ether oxygens (including phenoxy) is 1. The van der Waals surface area contributed by atoms with Crippen LogP contribution in [0.1, 0.15) is 38.7 Å².